The van der Waals surface area contributed by atoms with Crippen molar-refractivity contribution in [1.29, 1.82) is 0 Å². The second-order valence-corrected chi connectivity index (χ2v) is 13.3. The highest BCUT2D eigenvalue weighted by atomic mass is 16.6. The van der Waals surface area contributed by atoms with E-state index in [2.05, 4.69) is 12.2 Å². The van der Waals surface area contributed by atoms with Crippen LogP contribution in [0.2, 0.25) is 0 Å². The molecule has 1 aliphatic heterocycles. The number of nitrogens with zero attached hydrogens (tertiary/aromatic N) is 3. The van der Waals surface area contributed by atoms with Gasteiger partial charge in [0.1, 0.15) is 5.75 Å². The zero-order valence-electron chi connectivity index (χ0n) is 25.6. The summed E-state index contributed by atoms with van der Waals surface area (Å²) >= 11 is 0. The summed E-state index contributed by atoms with van der Waals surface area (Å²) in [5, 5.41) is 2.69. The Morgan fingerprint density at radius 2 is 1.45 bits per heavy atom. The maximum Gasteiger partial charge on any atom is 0.413 e. The Hall–Kier alpha value is -4.33. The van der Waals surface area contributed by atoms with Crippen LogP contribution >= 0.6 is 0 Å². The molecule has 8 nitrogen and oxygen atoms in total. The van der Waals surface area contributed by atoms with E-state index >= 15 is 0 Å². The summed E-state index contributed by atoms with van der Waals surface area (Å²) in [7, 11) is 3.80. The van der Waals surface area contributed by atoms with Crippen molar-refractivity contribution in [3.63, 3.8) is 0 Å². The van der Waals surface area contributed by atoms with Gasteiger partial charge in [-0.1, -0.05) is 36.4 Å². The number of hydrogen-bond acceptors (Lipinski definition) is 5. The van der Waals surface area contributed by atoms with Gasteiger partial charge >= 0.3 is 6.09 Å². The largest absolute Gasteiger partial charge is 0.413 e. The Bertz CT molecular complexity index is 1550. The predicted octanol–water partition coefficient (Wildman–Crippen LogP) is 6.38. The number of amides is 3. The lowest BCUT2D eigenvalue weighted by Crippen LogP contribution is -2.60. The minimum absolute atomic E-state index is 0.140. The van der Waals surface area contributed by atoms with Gasteiger partial charge in [0.2, 0.25) is 0 Å². The monoisotopic (exact) mass is 592 g/mol. The molecule has 228 valence electrons. The lowest BCUT2D eigenvalue weighted by molar-refractivity contribution is -0.129. The molecule has 4 fully saturated rings. The third-order valence-electron chi connectivity index (χ3n) is 10.4. The quantitative estimate of drug-likeness (QED) is 0.336. The average Bonchev–Trinajstić information content (AvgIpc) is 3.09. The molecule has 0 spiro atoms. The van der Waals surface area contributed by atoms with E-state index in [1.54, 1.807) is 23.1 Å². The number of fused-ring (bicyclic) bond motifs is 1. The number of rotatable bonds is 6. The van der Waals surface area contributed by atoms with E-state index < -0.39 is 23.9 Å². The zero-order valence-corrected chi connectivity index (χ0v) is 25.6. The number of carbonyl (C=O) groups excluding carboxylic acids is 3. The van der Waals surface area contributed by atoms with Gasteiger partial charge in [-0.05, 0) is 105 Å². The summed E-state index contributed by atoms with van der Waals surface area (Å²) in [6, 6.07) is 22.4. The van der Waals surface area contributed by atoms with Crippen LogP contribution < -0.4 is 24.8 Å². The zero-order chi connectivity index (χ0) is 30.5. The van der Waals surface area contributed by atoms with E-state index in [-0.39, 0.29) is 6.04 Å². The SMILES string of the molecule is CC(C1C2CC3CC(C2)CC1C3)N1C(=O)C(NC(=O)Oc2cccc(N(C)C)c2)C(=O)N(c2ccccc2)c2ccccc21. The molecule has 1 N–H and O–H groups in total. The maximum absolute atomic E-state index is 14.7. The van der Waals surface area contributed by atoms with E-state index in [9.17, 15) is 14.4 Å². The first kappa shape index (κ1) is 28.4. The number of carbonyl (C=O) groups is 3. The molecule has 8 heteroatoms. The number of para-hydroxylation sites is 3. The summed E-state index contributed by atoms with van der Waals surface area (Å²) in [5.41, 5.74) is 2.80. The summed E-state index contributed by atoms with van der Waals surface area (Å²) in [4.78, 5) is 47.8. The van der Waals surface area contributed by atoms with Gasteiger partial charge in [0.25, 0.3) is 11.8 Å². The molecule has 4 aliphatic carbocycles. The molecule has 8 rings (SSSR count). The fourth-order valence-corrected chi connectivity index (χ4v) is 8.86. The first-order valence-corrected chi connectivity index (χ1v) is 15.9. The van der Waals surface area contributed by atoms with Crippen LogP contribution in [0.1, 0.15) is 39.0 Å². The highest BCUT2D eigenvalue weighted by molar-refractivity contribution is 6.23. The number of hydrogen-bond donors (Lipinski definition) is 1. The molecular formula is C36H40N4O4. The Balaban J connectivity index is 1.26. The van der Waals surface area contributed by atoms with Gasteiger partial charge in [-0.25, -0.2) is 4.79 Å². The molecule has 5 aliphatic rings. The van der Waals surface area contributed by atoms with Crippen molar-refractivity contribution in [1.82, 2.24) is 5.32 Å². The lowest BCUT2D eigenvalue weighted by Gasteiger charge is -2.57. The van der Waals surface area contributed by atoms with Crippen LogP contribution in [0.15, 0.2) is 78.9 Å². The van der Waals surface area contributed by atoms with Gasteiger partial charge < -0.3 is 19.9 Å². The van der Waals surface area contributed by atoms with Crippen molar-refractivity contribution >= 4 is 40.7 Å². The van der Waals surface area contributed by atoms with Crippen molar-refractivity contribution in [2.45, 2.75) is 51.1 Å². The van der Waals surface area contributed by atoms with Crippen molar-refractivity contribution < 1.29 is 19.1 Å². The van der Waals surface area contributed by atoms with Crippen LogP contribution in [0.5, 0.6) is 5.75 Å². The summed E-state index contributed by atoms with van der Waals surface area (Å²) in [5.74, 6) is 2.48. The smallest absolute Gasteiger partial charge is 0.410 e. The van der Waals surface area contributed by atoms with Crippen molar-refractivity contribution in [2.75, 3.05) is 28.8 Å². The highest BCUT2D eigenvalue weighted by Gasteiger charge is 2.53. The number of nitrogens with one attached hydrogen (secondary N) is 1. The fourth-order valence-electron chi connectivity index (χ4n) is 8.86. The number of ether oxygens (including phenoxy) is 1. The van der Waals surface area contributed by atoms with Gasteiger partial charge in [0.05, 0.1) is 11.4 Å². The third kappa shape index (κ3) is 5.00. The molecule has 4 saturated carbocycles. The standard InChI is InChI=1S/C36H40N4O4/c1-22(32-25-17-23-16-24(19-25)20-26(32)18-23)39-30-14-7-8-15-31(30)40(27-10-5-4-6-11-27)35(42)33(34(39)41)37-36(43)44-29-13-9-12-28(21-29)38(2)3/h4-15,21-26,32-33H,16-20H2,1-3H3,(H,37,43). The molecule has 0 aromatic heterocycles. The fraction of sp³-hybridized carbons (Fsp3) is 0.417. The number of benzene rings is 3. The highest BCUT2D eigenvalue weighted by Crippen LogP contribution is 2.58. The minimum atomic E-state index is -1.47. The summed E-state index contributed by atoms with van der Waals surface area (Å²) in [6.45, 7) is 2.15. The van der Waals surface area contributed by atoms with Gasteiger partial charge in [0, 0.05) is 37.6 Å². The van der Waals surface area contributed by atoms with E-state index in [0.29, 0.717) is 40.6 Å². The van der Waals surface area contributed by atoms with Gasteiger partial charge in [-0.2, -0.15) is 0 Å². The average molecular weight is 593 g/mol. The molecule has 2 atom stereocenters. The topological polar surface area (TPSA) is 82.2 Å². The van der Waals surface area contributed by atoms with Crippen LogP contribution in [0, 0.1) is 29.6 Å². The molecular weight excluding hydrogens is 552 g/mol. The van der Waals surface area contributed by atoms with Crippen LogP contribution in [0.4, 0.5) is 27.5 Å². The maximum atomic E-state index is 14.7. The summed E-state index contributed by atoms with van der Waals surface area (Å²) < 4.78 is 5.63. The molecule has 0 saturated heterocycles. The molecule has 1 heterocycles. The molecule has 0 radical (unpaired) electrons. The number of anilines is 4. The first-order valence-electron chi connectivity index (χ1n) is 15.9. The van der Waals surface area contributed by atoms with Gasteiger partial charge in [0.15, 0.2) is 6.04 Å². The summed E-state index contributed by atoms with van der Waals surface area (Å²) in [6.07, 6.45) is 5.39. The molecule has 4 bridgehead atoms. The normalized spacial score (nSPS) is 27.9. The Labute approximate surface area is 259 Å². The van der Waals surface area contributed by atoms with Gasteiger partial charge in [-0.3, -0.25) is 14.5 Å². The van der Waals surface area contributed by atoms with Crippen molar-refractivity contribution in [3.05, 3.63) is 78.9 Å². The van der Waals surface area contributed by atoms with Crippen molar-refractivity contribution in [3.8, 4) is 5.75 Å². The second kappa shape index (κ2) is 11.3. The molecule has 3 aromatic rings. The Morgan fingerprint density at radius 1 is 0.818 bits per heavy atom. The van der Waals surface area contributed by atoms with E-state index in [1.165, 1.54) is 32.1 Å². The Morgan fingerprint density at radius 3 is 2.11 bits per heavy atom. The second-order valence-electron chi connectivity index (χ2n) is 13.3. The predicted molar refractivity (Wildman–Crippen MR) is 171 cm³/mol. The third-order valence-corrected chi connectivity index (χ3v) is 10.4. The van der Waals surface area contributed by atoms with E-state index in [4.69, 9.17) is 4.74 Å². The van der Waals surface area contributed by atoms with Crippen LogP contribution in [0.25, 0.3) is 0 Å². The lowest BCUT2D eigenvalue weighted by atomic mass is 9.50. The van der Waals surface area contributed by atoms with Crippen LogP contribution in [0.3, 0.4) is 0 Å². The minimum Gasteiger partial charge on any atom is -0.410 e. The molecule has 3 aromatic carbocycles. The Kier molecular flexibility index (Phi) is 7.31. The van der Waals surface area contributed by atoms with Crippen LogP contribution in [-0.2, 0) is 9.59 Å². The van der Waals surface area contributed by atoms with Gasteiger partial charge in [-0.15, -0.1) is 0 Å². The molecule has 44 heavy (non-hydrogen) atoms. The van der Waals surface area contributed by atoms with Crippen molar-refractivity contribution in [2.24, 2.45) is 29.6 Å². The molecule has 3 amide bonds. The molecule has 2 unspecified atom stereocenters. The first-order chi connectivity index (χ1) is 21.3. The van der Waals surface area contributed by atoms with E-state index in [0.717, 1.165) is 17.5 Å². The van der Waals surface area contributed by atoms with E-state index in [1.807, 2.05) is 84.6 Å². The van der Waals surface area contributed by atoms with Crippen LogP contribution in [-0.4, -0.2) is 44.1 Å².